The van der Waals surface area contributed by atoms with Gasteiger partial charge in [0.05, 0.1) is 11.9 Å². The van der Waals surface area contributed by atoms with Crippen molar-refractivity contribution in [3.8, 4) is 0 Å². The SMILES string of the molecule is CNCc1ccncc1N(C)CC(C)C. The average Bonchev–Trinajstić information content (AvgIpc) is 2.18. The van der Waals surface area contributed by atoms with E-state index in [1.54, 1.807) is 0 Å². The third-order valence-corrected chi connectivity index (χ3v) is 2.31. The third kappa shape index (κ3) is 3.51. The molecule has 3 nitrogen and oxygen atoms in total. The minimum atomic E-state index is 0.664. The van der Waals surface area contributed by atoms with E-state index in [0.29, 0.717) is 5.92 Å². The number of anilines is 1. The highest BCUT2D eigenvalue weighted by Crippen LogP contribution is 2.18. The van der Waals surface area contributed by atoms with Gasteiger partial charge in [0.15, 0.2) is 0 Å². The summed E-state index contributed by atoms with van der Waals surface area (Å²) >= 11 is 0. The lowest BCUT2D eigenvalue weighted by Crippen LogP contribution is -2.24. The molecule has 0 aliphatic heterocycles. The zero-order valence-corrected chi connectivity index (χ0v) is 10.1. The quantitative estimate of drug-likeness (QED) is 0.799. The summed E-state index contributed by atoms with van der Waals surface area (Å²) in [5.74, 6) is 0.664. The largest absolute Gasteiger partial charge is 0.373 e. The van der Waals surface area contributed by atoms with Crippen molar-refractivity contribution >= 4 is 5.69 Å². The fourth-order valence-corrected chi connectivity index (χ4v) is 1.74. The second-order valence-electron chi connectivity index (χ2n) is 4.31. The first-order valence-electron chi connectivity index (χ1n) is 5.43. The molecule has 0 saturated heterocycles. The molecule has 3 heteroatoms. The molecule has 0 unspecified atom stereocenters. The van der Waals surface area contributed by atoms with E-state index in [0.717, 1.165) is 13.1 Å². The Hall–Kier alpha value is -1.09. The zero-order valence-electron chi connectivity index (χ0n) is 10.1. The molecule has 0 radical (unpaired) electrons. The molecule has 0 saturated carbocycles. The molecule has 0 amide bonds. The van der Waals surface area contributed by atoms with Gasteiger partial charge < -0.3 is 10.2 Å². The molecule has 0 aliphatic carbocycles. The molecule has 1 heterocycles. The topological polar surface area (TPSA) is 28.2 Å². The second-order valence-corrected chi connectivity index (χ2v) is 4.31. The van der Waals surface area contributed by atoms with Crippen molar-refractivity contribution in [2.45, 2.75) is 20.4 Å². The van der Waals surface area contributed by atoms with Gasteiger partial charge in [-0.1, -0.05) is 13.8 Å². The number of nitrogens with one attached hydrogen (secondary N) is 1. The van der Waals surface area contributed by atoms with Crippen molar-refractivity contribution in [2.24, 2.45) is 5.92 Å². The Bertz CT molecular complexity index is 297. The summed E-state index contributed by atoms with van der Waals surface area (Å²) in [6, 6.07) is 2.07. The van der Waals surface area contributed by atoms with Crippen LogP contribution in [-0.4, -0.2) is 25.6 Å². The van der Waals surface area contributed by atoms with Gasteiger partial charge in [-0.05, 0) is 24.6 Å². The number of nitrogens with zero attached hydrogens (tertiary/aromatic N) is 2. The summed E-state index contributed by atoms with van der Waals surface area (Å²) in [4.78, 5) is 6.45. The normalized spacial score (nSPS) is 10.7. The lowest BCUT2D eigenvalue weighted by molar-refractivity contribution is 0.635. The van der Waals surface area contributed by atoms with Gasteiger partial charge in [-0.3, -0.25) is 4.98 Å². The van der Waals surface area contributed by atoms with Crippen molar-refractivity contribution in [1.82, 2.24) is 10.3 Å². The number of pyridine rings is 1. The van der Waals surface area contributed by atoms with Crippen molar-refractivity contribution in [3.05, 3.63) is 24.0 Å². The summed E-state index contributed by atoms with van der Waals surface area (Å²) in [7, 11) is 4.09. The van der Waals surface area contributed by atoms with E-state index in [-0.39, 0.29) is 0 Å². The second kappa shape index (κ2) is 5.71. The van der Waals surface area contributed by atoms with Crippen LogP contribution in [0.15, 0.2) is 18.5 Å². The van der Waals surface area contributed by atoms with Crippen LogP contribution in [0.3, 0.4) is 0 Å². The predicted molar refractivity (Wildman–Crippen MR) is 65.1 cm³/mol. The van der Waals surface area contributed by atoms with Gasteiger partial charge in [-0.15, -0.1) is 0 Å². The van der Waals surface area contributed by atoms with Gasteiger partial charge >= 0.3 is 0 Å². The van der Waals surface area contributed by atoms with Gasteiger partial charge in [0.1, 0.15) is 0 Å². The minimum absolute atomic E-state index is 0.664. The van der Waals surface area contributed by atoms with Crippen molar-refractivity contribution < 1.29 is 0 Å². The van der Waals surface area contributed by atoms with Crippen LogP contribution in [0.2, 0.25) is 0 Å². The minimum Gasteiger partial charge on any atom is -0.373 e. The van der Waals surface area contributed by atoms with Crippen LogP contribution < -0.4 is 10.2 Å². The zero-order chi connectivity index (χ0) is 11.3. The third-order valence-electron chi connectivity index (χ3n) is 2.31. The Morgan fingerprint density at radius 1 is 1.47 bits per heavy atom. The lowest BCUT2D eigenvalue weighted by Gasteiger charge is -2.23. The van der Waals surface area contributed by atoms with E-state index < -0.39 is 0 Å². The summed E-state index contributed by atoms with van der Waals surface area (Å²) in [6.45, 7) is 6.40. The van der Waals surface area contributed by atoms with E-state index in [9.17, 15) is 0 Å². The van der Waals surface area contributed by atoms with E-state index in [4.69, 9.17) is 0 Å². The van der Waals surface area contributed by atoms with Crippen molar-refractivity contribution in [3.63, 3.8) is 0 Å². The van der Waals surface area contributed by atoms with Crippen molar-refractivity contribution in [2.75, 3.05) is 25.5 Å². The first-order valence-corrected chi connectivity index (χ1v) is 5.43. The summed E-state index contributed by atoms with van der Waals surface area (Å²) in [5, 5.41) is 3.18. The highest BCUT2D eigenvalue weighted by atomic mass is 15.1. The van der Waals surface area contributed by atoms with Crippen LogP contribution in [0.5, 0.6) is 0 Å². The molecule has 0 fully saturated rings. The van der Waals surface area contributed by atoms with Gasteiger partial charge in [0.2, 0.25) is 0 Å². The summed E-state index contributed by atoms with van der Waals surface area (Å²) < 4.78 is 0. The Morgan fingerprint density at radius 2 is 2.20 bits per heavy atom. The van der Waals surface area contributed by atoms with Crippen LogP contribution in [-0.2, 0) is 6.54 Å². The molecule has 0 atom stereocenters. The van der Waals surface area contributed by atoms with Gasteiger partial charge in [0.25, 0.3) is 0 Å². The molecule has 0 spiro atoms. The van der Waals surface area contributed by atoms with Gasteiger partial charge in [0, 0.05) is 26.3 Å². The fourth-order valence-electron chi connectivity index (χ4n) is 1.74. The Morgan fingerprint density at radius 3 is 2.80 bits per heavy atom. The van der Waals surface area contributed by atoms with Crippen molar-refractivity contribution in [1.29, 1.82) is 0 Å². The van der Waals surface area contributed by atoms with Crippen LogP contribution in [0.25, 0.3) is 0 Å². The molecular formula is C12H21N3. The maximum atomic E-state index is 4.19. The molecule has 1 rings (SSSR count). The first-order chi connectivity index (χ1) is 7.15. The molecule has 1 aromatic heterocycles. The molecule has 1 N–H and O–H groups in total. The summed E-state index contributed by atoms with van der Waals surface area (Å²) in [6.07, 6.45) is 3.79. The number of rotatable bonds is 5. The highest BCUT2D eigenvalue weighted by molar-refractivity contribution is 5.50. The molecular weight excluding hydrogens is 186 g/mol. The van der Waals surface area contributed by atoms with E-state index in [1.807, 2.05) is 19.4 Å². The average molecular weight is 207 g/mol. The lowest BCUT2D eigenvalue weighted by atomic mass is 10.1. The molecule has 0 bridgehead atoms. The van der Waals surface area contributed by atoms with Crippen LogP contribution in [0, 0.1) is 5.92 Å². The number of hydrogen-bond donors (Lipinski definition) is 1. The molecule has 0 aliphatic rings. The fraction of sp³-hybridized carbons (Fsp3) is 0.583. The van der Waals surface area contributed by atoms with Crippen LogP contribution in [0.4, 0.5) is 5.69 Å². The monoisotopic (exact) mass is 207 g/mol. The summed E-state index contributed by atoms with van der Waals surface area (Å²) in [5.41, 5.74) is 2.52. The maximum absolute atomic E-state index is 4.19. The Labute approximate surface area is 92.5 Å². The molecule has 84 valence electrons. The van der Waals surface area contributed by atoms with E-state index >= 15 is 0 Å². The number of hydrogen-bond acceptors (Lipinski definition) is 3. The first kappa shape index (κ1) is 12.0. The van der Waals surface area contributed by atoms with E-state index in [2.05, 4.69) is 42.2 Å². The smallest absolute Gasteiger partial charge is 0.0595 e. The standard InChI is InChI=1S/C12H21N3/c1-10(2)9-15(4)12-8-14-6-5-11(12)7-13-3/h5-6,8,10,13H,7,9H2,1-4H3. The van der Waals surface area contributed by atoms with Gasteiger partial charge in [-0.25, -0.2) is 0 Å². The van der Waals surface area contributed by atoms with Crippen LogP contribution in [0.1, 0.15) is 19.4 Å². The molecule has 15 heavy (non-hydrogen) atoms. The van der Waals surface area contributed by atoms with E-state index in [1.165, 1.54) is 11.3 Å². The Balaban J connectivity index is 2.81. The van der Waals surface area contributed by atoms with Crippen LogP contribution >= 0.6 is 0 Å². The Kier molecular flexibility index (Phi) is 4.56. The highest BCUT2D eigenvalue weighted by Gasteiger charge is 2.07. The predicted octanol–water partition coefficient (Wildman–Crippen LogP) is 1.89. The molecule has 1 aromatic rings. The maximum Gasteiger partial charge on any atom is 0.0595 e. The number of aromatic nitrogens is 1. The van der Waals surface area contributed by atoms with Gasteiger partial charge in [-0.2, -0.15) is 0 Å². The molecule has 0 aromatic carbocycles.